The number of hydrogen-bond donors (Lipinski definition) is 1. The van der Waals surface area contributed by atoms with Gasteiger partial charge in [0.05, 0.1) is 36.0 Å². The summed E-state index contributed by atoms with van der Waals surface area (Å²) in [7, 11) is 1.55. The Morgan fingerprint density at radius 2 is 2.03 bits per heavy atom. The van der Waals surface area contributed by atoms with Gasteiger partial charge in [0, 0.05) is 11.9 Å². The predicted octanol–water partition coefficient (Wildman–Crippen LogP) is 3.45. The van der Waals surface area contributed by atoms with Crippen molar-refractivity contribution in [3.63, 3.8) is 0 Å². The van der Waals surface area contributed by atoms with Crippen LogP contribution < -0.4 is 10.1 Å². The third-order valence-electron chi connectivity index (χ3n) is 4.69. The van der Waals surface area contributed by atoms with Crippen molar-refractivity contribution in [2.75, 3.05) is 12.4 Å². The van der Waals surface area contributed by atoms with E-state index in [9.17, 15) is 9.59 Å². The molecule has 10 heteroatoms. The Bertz CT molecular complexity index is 1270. The van der Waals surface area contributed by atoms with Crippen LogP contribution in [0.1, 0.15) is 28.0 Å². The number of methoxy groups -OCH3 is 1. The molecule has 0 aliphatic heterocycles. The van der Waals surface area contributed by atoms with Gasteiger partial charge in [-0.1, -0.05) is 17.3 Å². The molecule has 0 aliphatic rings. The molecule has 4 aromatic rings. The van der Waals surface area contributed by atoms with Crippen molar-refractivity contribution in [3.05, 3.63) is 64.1 Å². The van der Waals surface area contributed by atoms with E-state index >= 15 is 0 Å². The summed E-state index contributed by atoms with van der Waals surface area (Å²) in [5.74, 6) is -0.0924. The van der Waals surface area contributed by atoms with Gasteiger partial charge in [-0.25, -0.2) is 14.5 Å². The lowest BCUT2D eigenvalue weighted by molar-refractivity contribution is -0.115. The number of hydrogen-bond acceptors (Lipinski definition) is 8. The molecule has 0 aliphatic carbocycles. The van der Waals surface area contributed by atoms with Gasteiger partial charge in [0.15, 0.2) is 0 Å². The largest absolute Gasteiger partial charge is 0.495 e. The zero-order chi connectivity index (χ0) is 22.5. The molecule has 1 N–H and O–H groups in total. The molecule has 164 valence electrons. The van der Waals surface area contributed by atoms with Crippen LogP contribution in [0.3, 0.4) is 0 Å². The highest BCUT2D eigenvalue weighted by atomic mass is 32.1. The Kier molecular flexibility index (Phi) is 6.41. The number of aromatic nitrogens is 4. The summed E-state index contributed by atoms with van der Waals surface area (Å²) in [5.41, 5.74) is 3.08. The number of benzene rings is 2. The third kappa shape index (κ3) is 4.75. The second-order valence-corrected chi connectivity index (χ2v) is 7.79. The van der Waals surface area contributed by atoms with Gasteiger partial charge < -0.3 is 14.8 Å². The number of amides is 1. The number of fused-ring (bicyclic) bond motifs is 1. The fraction of sp³-hybridized carbons (Fsp3) is 0.227. The van der Waals surface area contributed by atoms with Crippen molar-refractivity contribution in [3.8, 4) is 5.75 Å². The van der Waals surface area contributed by atoms with E-state index < -0.39 is 5.97 Å². The summed E-state index contributed by atoms with van der Waals surface area (Å²) >= 11 is 1.34. The third-order valence-corrected chi connectivity index (χ3v) is 5.59. The van der Waals surface area contributed by atoms with E-state index in [2.05, 4.69) is 20.6 Å². The Morgan fingerprint density at radius 3 is 2.84 bits per heavy atom. The maximum atomic E-state index is 12.4. The summed E-state index contributed by atoms with van der Waals surface area (Å²) in [4.78, 5) is 29.1. The average Bonchev–Trinajstić information content (AvgIpc) is 3.43. The molecular formula is C22H21N5O4S. The van der Waals surface area contributed by atoms with Crippen LogP contribution in [-0.4, -0.2) is 39.0 Å². The zero-order valence-corrected chi connectivity index (χ0v) is 18.4. The van der Waals surface area contributed by atoms with Gasteiger partial charge in [-0.3, -0.25) is 4.79 Å². The van der Waals surface area contributed by atoms with Gasteiger partial charge in [0.1, 0.15) is 22.9 Å². The van der Waals surface area contributed by atoms with Gasteiger partial charge >= 0.3 is 5.97 Å². The van der Waals surface area contributed by atoms with E-state index in [1.165, 1.54) is 11.3 Å². The minimum atomic E-state index is -0.471. The van der Waals surface area contributed by atoms with Crippen LogP contribution >= 0.6 is 11.3 Å². The van der Waals surface area contributed by atoms with Crippen molar-refractivity contribution >= 4 is 39.9 Å². The molecule has 0 bridgehead atoms. The first-order valence-corrected chi connectivity index (χ1v) is 10.8. The molecule has 0 saturated carbocycles. The molecule has 2 aromatic heterocycles. The summed E-state index contributed by atoms with van der Waals surface area (Å²) in [6.45, 7) is 2.69. The van der Waals surface area contributed by atoms with Crippen molar-refractivity contribution in [2.45, 2.75) is 26.5 Å². The Hall–Kier alpha value is -3.79. The van der Waals surface area contributed by atoms with Crippen LogP contribution in [0.25, 0.3) is 11.0 Å². The van der Waals surface area contributed by atoms with E-state index in [4.69, 9.17) is 9.47 Å². The molecule has 0 saturated heterocycles. The number of nitrogens with zero attached hydrogens (tertiary/aromatic N) is 4. The number of rotatable bonds is 8. The average molecular weight is 452 g/mol. The molecule has 0 spiro atoms. The van der Waals surface area contributed by atoms with Crippen molar-refractivity contribution in [1.29, 1.82) is 0 Å². The maximum Gasteiger partial charge on any atom is 0.338 e. The first kappa shape index (κ1) is 21.4. The monoisotopic (exact) mass is 451 g/mol. The van der Waals surface area contributed by atoms with E-state index in [0.717, 1.165) is 5.52 Å². The second-order valence-electron chi connectivity index (χ2n) is 6.84. The number of thiazole rings is 1. The quantitative estimate of drug-likeness (QED) is 0.409. The van der Waals surface area contributed by atoms with Gasteiger partial charge in [0.25, 0.3) is 0 Å². The summed E-state index contributed by atoms with van der Waals surface area (Å²) in [6, 6.07) is 12.3. The van der Waals surface area contributed by atoms with Gasteiger partial charge in [-0.05, 0) is 37.3 Å². The molecule has 1 amide bonds. The highest BCUT2D eigenvalue weighted by Gasteiger charge is 2.14. The number of carbonyl (C=O) groups excluding carboxylic acids is 2. The van der Waals surface area contributed by atoms with Crippen LogP contribution in [0, 0.1) is 0 Å². The summed E-state index contributed by atoms with van der Waals surface area (Å²) < 4.78 is 12.4. The van der Waals surface area contributed by atoms with Crippen LogP contribution in [0.4, 0.5) is 5.69 Å². The van der Waals surface area contributed by atoms with E-state index in [1.54, 1.807) is 47.5 Å². The Balaban J connectivity index is 1.33. The van der Waals surface area contributed by atoms with E-state index in [1.807, 2.05) is 19.1 Å². The zero-order valence-electron chi connectivity index (χ0n) is 17.6. The van der Waals surface area contributed by atoms with Gasteiger partial charge in [-0.2, -0.15) is 0 Å². The number of carbonyl (C=O) groups is 2. The number of ether oxygens (including phenoxy) is 2. The molecular weight excluding hydrogens is 430 g/mol. The number of anilines is 1. The van der Waals surface area contributed by atoms with Crippen LogP contribution in [0.5, 0.6) is 5.75 Å². The molecule has 9 nitrogen and oxygen atoms in total. The molecule has 32 heavy (non-hydrogen) atoms. The summed E-state index contributed by atoms with van der Waals surface area (Å²) in [6.07, 6.45) is 0.112. The fourth-order valence-electron chi connectivity index (χ4n) is 3.13. The second kappa shape index (κ2) is 9.56. The van der Waals surface area contributed by atoms with Crippen LogP contribution in [0.15, 0.2) is 47.8 Å². The van der Waals surface area contributed by atoms with E-state index in [-0.39, 0.29) is 18.9 Å². The number of para-hydroxylation sites is 2. The lowest BCUT2D eigenvalue weighted by Gasteiger charge is -2.08. The highest BCUT2D eigenvalue weighted by Crippen LogP contribution is 2.23. The van der Waals surface area contributed by atoms with E-state index in [0.29, 0.717) is 39.8 Å². The SMILES string of the molecule is CCn1nnc2cc(C(=O)OCc3csc(CC(=O)Nc4ccccc4OC)n3)ccc21. The predicted molar refractivity (Wildman–Crippen MR) is 120 cm³/mol. The first-order valence-electron chi connectivity index (χ1n) is 9.94. The van der Waals surface area contributed by atoms with Crippen LogP contribution in [0.2, 0.25) is 0 Å². The molecule has 0 unspecified atom stereocenters. The Labute approximate surface area is 188 Å². The molecule has 2 heterocycles. The molecule has 0 fully saturated rings. The lowest BCUT2D eigenvalue weighted by atomic mass is 10.2. The lowest BCUT2D eigenvalue weighted by Crippen LogP contribution is -2.15. The number of aryl methyl sites for hydroxylation is 1. The number of nitrogens with one attached hydrogen (secondary N) is 1. The molecule has 0 radical (unpaired) electrons. The number of esters is 1. The fourth-order valence-corrected chi connectivity index (χ4v) is 3.91. The topological polar surface area (TPSA) is 108 Å². The molecule has 2 aromatic carbocycles. The smallest absolute Gasteiger partial charge is 0.338 e. The Morgan fingerprint density at radius 1 is 1.19 bits per heavy atom. The first-order chi connectivity index (χ1) is 15.6. The maximum absolute atomic E-state index is 12.4. The highest BCUT2D eigenvalue weighted by molar-refractivity contribution is 7.09. The van der Waals surface area contributed by atoms with Crippen LogP contribution in [-0.2, 0) is 29.1 Å². The van der Waals surface area contributed by atoms with Gasteiger partial charge in [0.2, 0.25) is 5.91 Å². The van der Waals surface area contributed by atoms with Crippen molar-refractivity contribution in [2.24, 2.45) is 0 Å². The van der Waals surface area contributed by atoms with Crippen molar-refractivity contribution < 1.29 is 19.1 Å². The molecule has 0 atom stereocenters. The van der Waals surface area contributed by atoms with Crippen molar-refractivity contribution in [1.82, 2.24) is 20.0 Å². The minimum Gasteiger partial charge on any atom is -0.495 e. The normalized spacial score (nSPS) is 10.8. The molecule has 4 rings (SSSR count). The minimum absolute atomic E-state index is 0.0170. The van der Waals surface area contributed by atoms with Gasteiger partial charge in [-0.15, -0.1) is 16.4 Å². The standard InChI is InChI=1S/C22H21N5O4S/c1-3-27-18-9-8-14(10-17(18)25-26-27)22(29)31-12-15-13-32-21(23-15)11-20(28)24-16-6-4-5-7-19(16)30-2/h4-10,13H,3,11-12H2,1-2H3,(H,24,28). The summed E-state index contributed by atoms with van der Waals surface area (Å²) in [5, 5.41) is 13.3.